The van der Waals surface area contributed by atoms with E-state index >= 15 is 0 Å². The van der Waals surface area contributed by atoms with Crippen LogP contribution in [0.2, 0.25) is 0 Å². The van der Waals surface area contributed by atoms with Crippen LogP contribution in [0, 0.1) is 19.3 Å². The molecule has 0 bridgehead atoms. The lowest BCUT2D eigenvalue weighted by Crippen LogP contribution is -2.40. The van der Waals surface area contributed by atoms with Crippen molar-refractivity contribution in [1.82, 2.24) is 0 Å². The normalized spacial score (nSPS) is 13.7. The number of benzene rings is 1. The molecular weight excluding hydrogens is 244 g/mol. The van der Waals surface area contributed by atoms with Gasteiger partial charge in [-0.1, -0.05) is 29.3 Å². The molecule has 4 heteroatoms. The molecule has 104 valence electrons. The first-order chi connectivity index (χ1) is 8.79. The van der Waals surface area contributed by atoms with E-state index in [-0.39, 0.29) is 13.0 Å². The van der Waals surface area contributed by atoms with Crippen LogP contribution < -0.4 is 0 Å². The Hall–Kier alpha value is -1.84. The zero-order valence-electron chi connectivity index (χ0n) is 11.8. The summed E-state index contributed by atoms with van der Waals surface area (Å²) in [5.74, 6) is -1.85. The lowest BCUT2D eigenvalue weighted by Gasteiger charge is -2.23. The molecule has 0 saturated heterocycles. The molecule has 19 heavy (non-hydrogen) atoms. The van der Waals surface area contributed by atoms with Gasteiger partial charge in [-0.15, -0.1) is 0 Å². The highest BCUT2D eigenvalue weighted by Gasteiger charge is 2.43. The van der Waals surface area contributed by atoms with Crippen molar-refractivity contribution in [3.8, 4) is 0 Å². The van der Waals surface area contributed by atoms with E-state index in [1.807, 2.05) is 32.0 Å². The number of carboxylic acids is 1. The van der Waals surface area contributed by atoms with Gasteiger partial charge in [0.15, 0.2) is 5.41 Å². The SMILES string of the molecule is CCOC(=O)C(C)(Cc1cc(C)cc(C)c1)C(=O)O. The third-order valence-electron chi connectivity index (χ3n) is 3.04. The molecule has 0 saturated carbocycles. The van der Waals surface area contributed by atoms with Gasteiger partial charge in [0.05, 0.1) is 6.61 Å². The van der Waals surface area contributed by atoms with Crippen molar-refractivity contribution in [2.75, 3.05) is 6.61 Å². The molecule has 0 amide bonds. The number of aliphatic carboxylic acids is 1. The molecule has 0 aromatic heterocycles. The summed E-state index contributed by atoms with van der Waals surface area (Å²) in [7, 11) is 0. The van der Waals surface area contributed by atoms with Crippen LogP contribution in [0.25, 0.3) is 0 Å². The number of rotatable bonds is 5. The highest BCUT2D eigenvalue weighted by Crippen LogP contribution is 2.26. The van der Waals surface area contributed by atoms with Crippen LogP contribution in [0.5, 0.6) is 0 Å². The van der Waals surface area contributed by atoms with Gasteiger partial charge in [0.1, 0.15) is 0 Å². The minimum absolute atomic E-state index is 0.129. The number of carbonyl (C=O) groups excluding carboxylic acids is 1. The molecule has 4 nitrogen and oxygen atoms in total. The number of hydrogen-bond acceptors (Lipinski definition) is 3. The van der Waals surface area contributed by atoms with E-state index in [0.29, 0.717) is 0 Å². The smallest absolute Gasteiger partial charge is 0.323 e. The van der Waals surface area contributed by atoms with E-state index in [9.17, 15) is 14.7 Å². The summed E-state index contributed by atoms with van der Waals surface area (Å²) >= 11 is 0. The standard InChI is InChI=1S/C15H20O4/c1-5-19-14(18)15(4,13(16)17)9-12-7-10(2)6-11(3)8-12/h6-8H,5,9H2,1-4H3,(H,16,17). The summed E-state index contributed by atoms with van der Waals surface area (Å²) in [5.41, 5.74) is 1.38. The van der Waals surface area contributed by atoms with E-state index in [1.54, 1.807) is 6.92 Å². The summed E-state index contributed by atoms with van der Waals surface area (Å²) in [4.78, 5) is 23.3. The average Bonchev–Trinajstić information content (AvgIpc) is 2.27. The Bertz CT molecular complexity index is 473. The molecule has 1 N–H and O–H groups in total. The van der Waals surface area contributed by atoms with Crippen molar-refractivity contribution in [1.29, 1.82) is 0 Å². The Balaban J connectivity index is 3.08. The van der Waals surface area contributed by atoms with Gasteiger partial charge in [0.25, 0.3) is 0 Å². The Morgan fingerprint density at radius 1 is 1.21 bits per heavy atom. The van der Waals surface area contributed by atoms with Gasteiger partial charge in [-0.05, 0) is 39.7 Å². The minimum Gasteiger partial charge on any atom is -0.480 e. The van der Waals surface area contributed by atoms with Crippen LogP contribution in [-0.4, -0.2) is 23.7 Å². The largest absolute Gasteiger partial charge is 0.480 e. The summed E-state index contributed by atoms with van der Waals surface area (Å²) in [6.07, 6.45) is 0.129. The highest BCUT2D eigenvalue weighted by molar-refractivity contribution is 5.99. The maximum atomic E-state index is 11.9. The second kappa shape index (κ2) is 5.87. The van der Waals surface area contributed by atoms with Crippen LogP contribution in [-0.2, 0) is 20.7 Å². The maximum Gasteiger partial charge on any atom is 0.323 e. The molecule has 1 rings (SSSR count). The topological polar surface area (TPSA) is 63.6 Å². The van der Waals surface area contributed by atoms with Crippen LogP contribution in [0.3, 0.4) is 0 Å². The first-order valence-corrected chi connectivity index (χ1v) is 6.27. The fourth-order valence-corrected chi connectivity index (χ4v) is 2.10. The quantitative estimate of drug-likeness (QED) is 0.655. The number of carbonyl (C=O) groups is 2. The van der Waals surface area contributed by atoms with E-state index in [0.717, 1.165) is 16.7 Å². The molecular formula is C15H20O4. The molecule has 0 aliphatic rings. The van der Waals surface area contributed by atoms with Crippen molar-refractivity contribution >= 4 is 11.9 Å². The first kappa shape index (κ1) is 15.2. The van der Waals surface area contributed by atoms with Crippen molar-refractivity contribution in [3.63, 3.8) is 0 Å². The first-order valence-electron chi connectivity index (χ1n) is 6.27. The molecule has 1 aromatic carbocycles. The lowest BCUT2D eigenvalue weighted by atomic mass is 9.83. The predicted octanol–water partition coefficient (Wildman–Crippen LogP) is 2.50. The van der Waals surface area contributed by atoms with Gasteiger partial charge < -0.3 is 9.84 Å². The Kier molecular flexibility index (Phi) is 4.70. The summed E-state index contributed by atoms with van der Waals surface area (Å²) in [6, 6.07) is 5.80. The molecule has 0 spiro atoms. The van der Waals surface area contributed by atoms with Crippen LogP contribution in [0.15, 0.2) is 18.2 Å². The third-order valence-corrected chi connectivity index (χ3v) is 3.04. The molecule has 0 fully saturated rings. The van der Waals surface area contributed by atoms with Gasteiger partial charge in [-0.3, -0.25) is 9.59 Å². The van der Waals surface area contributed by atoms with Gasteiger partial charge in [0.2, 0.25) is 0 Å². The third kappa shape index (κ3) is 3.56. The number of ether oxygens (including phenoxy) is 1. The Morgan fingerprint density at radius 3 is 2.16 bits per heavy atom. The van der Waals surface area contributed by atoms with Crippen LogP contribution in [0.4, 0.5) is 0 Å². The van der Waals surface area contributed by atoms with E-state index in [1.165, 1.54) is 6.92 Å². The van der Waals surface area contributed by atoms with Crippen molar-refractivity contribution in [2.24, 2.45) is 5.41 Å². The van der Waals surface area contributed by atoms with E-state index in [4.69, 9.17) is 4.74 Å². The molecule has 1 unspecified atom stereocenters. The number of esters is 1. The average molecular weight is 264 g/mol. The van der Waals surface area contributed by atoms with Crippen molar-refractivity contribution < 1.29 is 19.4 Å². The molecule has 0 aliphatic heterocycles. The summed E-state index contributed by atoms with van der Waals surface area (Å²) < 4.78 is 4.88. The fourth-order valence-electron chi connectivity index (χ4n) is 2.10. The van der Waals surface area contributed by atoms with Gasteiger partial charge in [0, 0.05) is 0 Å². The maximum absolute atomic E-state index is 11.9. The van der Waals surface area contributed by atoms with Gasteiger partial charge in [-0.25, -0.2) is 0 Å². The molecule has 1 atom stereocenters. The van der Waals surface area contributed by atoms with Crippen molar-refractivity contribution in [2.45, 2.75) is 34.1 Å². The number of carboxylic acid groups (broad SMARTS) is 1. The zero-order chi connectivity index (χ0) is 14.6. The second-order valence-electron chi connectivity index (χ2n) is 5.03. The fraction of sp³-hybridized carbons (Fsp3) is 0.467. The molecule has 0 radical (unpaired) electrons. The van der Waals surface area contributed by atoms with Crippen LogP contribution in [0.1, 0.15) is 30.5 Å². The minimum atomic E-state index is -1.55. The molecule has 0 aliphatic carbocycles. The zero-order valence-corrected chi connectivity index (χ0v) is 11.8. The van der Waals surface area contributed by atoms with Gasteiger partial charge >= 0.3 is 11.9 Å². The summed E-state index contributed by atoms with van der Waals surface area (Å²) in [6.45, 7) is 7.13. The van der Waals surface area contributed by atoms with E-state index in [2.05, 4.69) is 0 Å². The Labute approximate surface area is 113 Å². The lowest BCUT2D eigenvalue weighted by molar-refractivity contribution is -0.167. The number of aryl methyl sites for hydroxylation is 2. The number of hydrogen-bond donors (Lipinski definition) is 1. The van der Waals surface area contributed by atoms with Crippen LogP contribution >= 0.6 is 0 Å². The van der Waals surface area contributed by atoms with Gasteiger partial charge in [-0.2, -0.15) is 0 Å². The molecule has 1 aromatic rings. The predicted molar refractivity (Wildman–Crippen MR) is 72.0 cm³/mol. The molecule has 0 heterocycles. The van der Waals surface area contributed by atoms with E-state index < -0.39 is 17.4 Å². The summed E-state index contributed by atoms with van der Waals surface area (Å²) in [5, 5.41) is 9.33. The monoisotopic (exact) mass is 264 g/mol. The Morgan fingerprint density at radius 2 is 1.74 bits per heavy atom. The second-order valence-corrected chi connectivity index (χ2v) is 5.03. The van der Waals surface area contributed by atoms with Crippen molar-refractivity contribution in [3.05, 3.63) is 34.9 Å². The highest BCUT2D eigenvalue weighted by atomic mass is 16.5.